The lowest BCUT2D eigenvalue weighted by Crippen LogP contribution is -2.49. The van der Waals surface area contributed by atoms with Crippen LogP contribution in [-0.4, -0.2) is 6.85 Å². The van der Waals surface area contributed by atoms with Crippen molar-refractivity contribution in [2.45, 2.75) is 0 Å². The van der Waals surface area contributed by atoms with Gasteiger partial charge in [0.15, 0.2) is 0 Å². The molecule has 2 heterocycles. The van der Waals surface area contributed by atoms with Gasteiger partial charge in [-0.25, -0.2) is 0 Å². The van der Waals surface area contributed by atoms with E-state index in [1.165, 1.54) is 33.5 Å². The first-order valence-electron chi connectivity index (χ1n) is 7.68. The lowest BCUT2D eigenvalue weighted by atomic mass is 9.49. The molecule has 2 aliphatic heterocycles. The van der Waals surface area contributed by atoms with Crippen LogP contribution in [0.5, 0.6) is 0 Å². The summed E-state index contributed by atoms with van der Waals surface area (Å²) in [6.07, 6.45) is 2.25. The van der Waals surface area contributed by atoms with Crippen LogP contribution in [0.2, 0.25) is 0 Å². The fraction of sp³-hybridized carbons (Fsp3) is 0. The molecule has 5 rings (SSSR count). The normalized spacial score (nSPS) is 14.0. The number of para-hydroxylation sites is 2. The van der Waals surface area contributed by atoms with Crippen LogP contribution in [0, 0.1) is 0 Å². The minimum Gasteiger partial charge on any atom is -0.376 e. The molecule has 0 N–H and O–H groups in total. The van der Waals surface area contributed by atoms with Gasteiger partial charge in [-0.1, -0.05) is 72.7 Å². The molecule has 0 radical (unpaired) electrons. The molecule has 3 aromatic carbocycles. The maximum Gasteiger partial charge on any atom is 0.321 e. The molecule has 0 saturated carbocycles. The van der Waals surface area contributed by atoms with Crippen LogP contribution < -0.4 is 10.3 Å². The molecule has 0 bridgehead atoms. The predicted molar refractivity (Wildman–Crippen MR) is 94.9 cm³/mol. The Morgan fingerprint density at radius 2 is 1.32 bits per heavy atom. The maximum atomic E-state index is 2.47. The van der Waals surface area contributed by atoms with Gasteiger partial charge in [-0.15, -0.1) is 0 Å². The molecule has 0 aromatic heterocycles. The highest BCUT2D eigenvalue weighted by atomic mass is 15.1. The van der Waals surface area contributed by atoms with Crippen LogP contribution in [0.15, 0.2) is 78.8 Å². The Morgan fingerprint density at radius 1 is 0.636 bits per heavy atom. The van der Waals surface area contributed by atoms with Crippen molar-refractivity contribution < 1.29 is 0 Å². The van der Waals surface area contributed by atoms with Gasteiger partial charge in [0.25, 0.3) is 0 Å². The third kappa shape index (κ3) is 1.50. The van der Waals surface area contributed by atoms with Crippen LogP contribution >= 0.6 is 0 Å². The van der Waals surface area contributed by atoms with Gasteiger partial charge in [0.2, 0.25) is 0 Å². The summed E-state index contributed by atoms with van der Waals surface area (Å²) >= 11 is 0. The molecule has 0 spiro atoms. The molecule has 0 saturated heterocycles. The molecule has 0 atom stereocenters. The number of fused-ring (bicyclic) bond motifs is 8. The first kappa shape index (κ1) is 11.9. The molecule has 22 heavy (non-hydrogen) atoms. The van der Waals surface area contributed by atoms with Gasteiger partial charge in [-0.05, 0) is 28.7 Å². The molecule has 0 fully saturated rings. The third-order valence-corrected chi connectivity index (χ3v) is 4.67. The zero-order valence-corrected chi connectivity index (χ0v) is 12.1. The number of rotatable bonds is 0. The van der Waals surface area contributed by atoms with Crippen molar-refractivity contribution in [2.24, 2.45) is 0 Å². The summed E-state index contributed by atoms with van der Waals surface area (Å²) in [6, 6.07) is 26.1. The smallest absolute Gasteiger partial charge is 0.321 e. The first-order chi connectivity index (χ1) is 10.9. The fourth-order valence-electron chi connectivity index (χ4n) is 3.71. The lowest BCUT2D eigenvalue weighted by molar-refractivity contribution is 1.35. The second kappa shape index (κ2) is 4.38. The van der Waals surface area contributed by atoms with Crippen LogP contribution in [-0.2, 0) is 0 Å². The van der Waals surface area contributed by atoms with E-state index in [1.54, 1.807) is 0 Å². The SMILES string of the molecule is C1=Cc2ccccc2N2B1c1ccccc1-c1ccccc12. The molecule has 0 amide bonds. The Labute approximate surface area is 130 Å². The van der Waals surface area contributed by atoms with Crippen LogP contribution in [0.4, 0.5) is 11.4 Å². The van der Waals surface area contributed by atoms with Gasteiger partial charge >= 0.3 is 6.85 Å². The Balaban J connectivity index is 1.86. The summed E-state index contributed by atoms with van der Waals surface area (Å²) < 4.78 is 0. The molecule has 0 unspecified atom stereocenters. The molecular weight excluding hydrogens is 265 g/mol. The summed E-state index contributed by atoms with van der Waals surface area (Å²) in [6.45, 7) is 0.279. The van der Waals surface area contributed by atoms with E-state index in [1.807, 2.05) is 0 Å². The van der Waals surface area contributed by atoms with E-state index in [4.69, 9.17) is 0 Å². The minimum atomic E-state index is 0.279. The first-order valence-corrected chi connectivity index (χ1v) is 7.68. The van der Waals surface area contributed by atoms with Crippen LogP contribution in [0.3, 0.4) is 0 Å². The van der Waals surface area contributed by atoms with Crippen molar-refractivity contribution in [3.8, 4) is 11.1 Å². The molecule has 3 aromatic rings. The summed E-state index contributed by atoms with van der Waals surface area (Å²) in [5, 5.41) is 0. The summed E-state index contributed by atoms with van der Waals surface area (Å²) in [4.78, 5) is 2.47. The molecule has 2 aliphatic rings. The maximum absolute atomic E-state index is 2.47. The monoisotopic (exact) mass is 279 g/mol. The quantitative estimate of drug-likeness (QED) is 0.555. The van der Waals surface area contributed by atoms with E-state index >= 15 is 0 Å². The van der Waals surface area contributed by atoms with Crippen molar-refractivity contribution in [3.63, 3.8) is 0 Å². The Hall–Kier alpha value is -2.74. The van der Waals surface area contributed by atoms with E-state index in [0.717, 1.165) is 0 Å². The van der Waals surface area contributed by atoms with Gasteiger partial charge in [0.05, 0.1) is 0 Å². The topological polar surface area (TPSA) is 3.24 Å². The standard InChI is InChI=1S/C20H14BN/c1-5-11-19-15(7-1)13-14-21-18-10-4-2-8-16(18)17-9-3-6-12-20(17)22(19)21/h1-14H. The van der Waals surface area contributed by atoms with Crippen LogP contribution in [0.25, 0.3) is 17.2 Å². The van der Waals surface area contributed by atoms with Gasteiger partial charge < -0.3 is 4.81 Å². The van der Waals surface area contributed by atoms with Gasteiger partial charge in [0.1, 0.15) is 0 Å². The van der Waals surface area contributed by atoms with E-state index in [9.17, 15) is 0 Å². The average Bonchev–Trinajstić information content (AvgIpc) is 2.61. The summed E-state index contributed by atoms with van der Waals surface area (Å²) in [7, 11) is 0. The third-order valence-electron chi connectivity index (χ3n) is 4.67. The molecule has 102 valence electrons. The van der Waals surface area contributed by atoms with Gasteiger partial charge in [-0.2, -0.15) is 0 Å². The second-order valence-electron chi connectivity index (χ2n) is 5.84. The Kier molecular flexibility index (Phi) is 2.36. The number of benzene rings is 3. The largest absolute Gasteiger partial charge is 0.376 e. The summed E-state index contributed by atoms with van der Waals surface area (Å²) in [5.74, 6) is 2.32. The highest BCUT2D eigenvalue weighted by molar-refractivity contribution is 6.85. The van der Waals surface area contributed by atoms with Gasteiger partial charge in [0, 0.05) is 16.9 Å². The number of anilines is 2. The van der Waals surface area contributed by atoms with Crippen molar-refractivity contribution in [3.05, 3.63) is 84.3 Å². The van der Waals surface area contributed by atoms with Crippen molar-refractivity contribution in [1.29, 1.82) is 0 Å². The summed E-state index contributed by atoms with van der Waals surface area (Å²) in [5.41, 5.74) is 7.92. The predicted octanol–water partition coefficient (Wildman–Crippen LogP) is 4.27. The molecule has 0 aliphatic carbocycles. The van der Waals surface area contributed by atoms with Crippen molar-refractivity contribution >= 4 is 29.8 Å². The van der Waals surface area contributed by atoms with E-state index in [-0.39, 0.29) is 6.85 Å². The van der Waals surface area contributed by atoms with E-state index < -0.39 is 0 Å². The number of nitrogens with zero attached hydrogens (tertiary/aromatic N) is 1. The average molecular weight is 279 g/mol. The van der Waals surface area contributed by atoms with Gasteiger partial charge in [-0.3, -0.25) is 0 Å². The molecule has 2 heteroatoms. The zero-order valence-electron chi connectivity index (χ0n) is 12.1. The molecule has 1 nitrogen and oxygen atoms in total. The van der Waals surface area contributed by atoms with Crippen LogP contribution in [0.1, 0.15) is 5.56 Å². The highest BCUT2D eigenvalue weighted by Crippen LogP contribution is 2.42. The number of hydrogen-bond acceptors (Lipinski definition) is 1. The number of hydrogen-bond donors (Lipinski definition) is 0. The molecular formula is C20H14BN. The van der Waals surface area contributed by atoms with Crippen molar-refractivity contribution in [1.82, 2.24) is 0 Å². The lowest BCUT2D eigenvalue weighted by Gasteiger charge is -2.40. The second-order valence-corrected chi connectivity index (χ2v) is 5.84. The van der Waals surface area contributed by atoms with Crippen molar-refractivity contribution in [2.75, 3.05) is 4.81 Å². The highest BCUT2D eigenvalue weighted by Gasteiger charge is 2.35. The minimum absolute atomic E-state index is 0.279. The van der Waals surface area contributed by atoms with E-state index in [0.29, 0.717) is 0 Å². The fourth-order valence-corrected chi connectivity index (χ4v) is 3.71. The Morgan fingerprint density at radius 3 is 2.23 bits per heavy atom. The van der Waals surface area contributed by atoms with E-state index in [2.05, 4.69) is 89.7 Å². The Bertz CT molecular complexity index is 913. The zero-order chi connectivity index (χ0) is 14.5.